The Labute approximate surface area is 106 Å². The summed E-state index contributed by atoms with van der Waals surface area (Å²) in [5.74, 6) is 0.649. The van der Waals surface area contributed by atoms with Crippen LogP contribution in [0.15, 0.2) is 18.2 Å². The average molecular weight is 225 g/mol. The summed E-state index contributed by atoms with van der Waals surface area (Å²) in [5, 5.41) is 0. The Morgan fingerprint density at radius 1 is 0.938 bits per heavy atom. The molecule has 0 saturated heterocycles. The number of benzene rings is 1. The minimum atomic E-state index is 0.649. The lowest BCUT2D eigenvalue weighted by atomic mass is 9.94. The maximum atomic E-state index is 5.75. The van der Waals surface area contributed by atoms with E-state index < -0.39 is 0 Å². The van der Waals surface area contributed by atoms with Crippen LogP contribution >= 0.6 is 0 Å². The van der Waals surface area contributed by atoms with Crippen molar-refractivity contribution in [3.63, 3.8) is 0 Å². The van der Waals surface area contributed by atoms with Crippen molar-refractivity contribution in [2.75, 3.05) is 0 Å². The average Bonchev–Trinajstić information content (AvgIpc) is 2.36. The van der Waals surface area contributed by atoms with Crippen LogP contribution in [0.2, 0.25) is 0 Å². The molecule has 0 aromatic heterocycles. The maximum absolute atomic E-state index is 5.75. The fourth-order valence-corrected chi connectivity index (χ4v) is 1.74. The zero-order valence-corrected chi connectivity index (χ0v) is 12.8. The molecule has 0 unspecified atom stereocenters. The summed E-state index contributed by atoms with van der Waals surface area (Å²) in [6.45, 7) is 16.9. The fourth-order valence-electron chi connectivity index (χ4n) is 1.74. The van der Waals surface area contributed by atoms with Crippen LogP contribution in [0.4, 0.5) is 0 Å². The molecule has 0 aliphatic carbocycles. The van der Waals surface area contributed by atoms with Gasteiger partial charge < -0.3 is 0 Å². The van der Waals surface area contributed by atoms with Crippen LogP contribution in [-0.2, 0) is 0 Å². The molecule has 16 heavy (non-hydrogen) atoms. The zero-order chi connectivity index (χ0) is 14.4. The molecule has 0 heterocycles. The molecule has 96 valence electrons. The van der Waals surface area contributed by atoms with Crippen molar-refractivity contribution in [3.05, 3.63) is 34.9 Å². The van der Waals surface area contributed by atoms with Crippen LogP contribution in [0.3, 0.4) is 0 Å². The molecule has 0 aliphatic heterocycles. The first kappa shape index (κ1) is 17.6. The van der Waals surface area contributed by atoms with E-state index in [2.05, 4.69) is 45.9 Å². The molecule has 0 heteroatoms. The topological polar surface area (TPSA) is 0 Å². The molecule has 1 aromatic rings. The molecular weight excluding hydrogens is 192 g/mol. The SMILES string of the molecule is CC.CC.Cc1cccc(C)c1C(C)C.[2H]C. The molecule has 0 saturated carbocycles. The highest BCUT2D eigenvalue weighted by Crippen LogP contribution is 2.22. The largest absolute Gasteiger partial charge is 0.0776 e. The van der Waals surface area contributed by atoms with E-state index in [1.807, 2.05) is 27.7 Å². The Bertz CT molecular complexity index is 231. The second kappa shape index (κ2) is 12.3. The Kier molecular flexibility index (Phi) is 13.5. The van der Waals surface area contributed by atoms with Gasteiger partial charge in [0, 0.05) is 1.37 Å². The predicted molar refractivity (Wildman–Crippen MR) is 79.4 cm³/mol. The molecule has 0 radical (unpaired) electrons. The molecule has 0 atom stereocenters. The number of hydrogen-bond donors (Lipinski definition) is 0. The second-order valence-corrected chi connectivity index (χ2v) is 3.46. The normalized spacial score (nSPS) is 8.50. The molecule has 1 aromatic carbocycles. The van der Waals surface area contributed by atoms with Gasteiger partial charge in [0.15, 0.2) is 0 Å². The maximum Gasteiger partial charge on any atom is 0.0194 e. The molecule has 0 spiro atoms. The van der Waals surface area contributed by atoms with E-state index in [1.54, 1.807) is 0 Å². The minimum Gasteiger partial charge on any atom is -0.0776 e. The van der Waals surface area contributed by atoms with Gasteiger partial charge in [0.1, 0.15) is 0 Å². The van der Waals surface area contributed by atoms with Crippen LogP contribution in [0.25, 0.3) is 0 Å². The van der Waals surface area contributed by atoms with E-state index in [1.165, 1.54) is 24.1 Å². The number of aryl methyl sites for hydroxylation is 2. The summed E-state index contributed by atoms with van der Waals surface area (Å²) < 4.78 is 5.75. The van der Waals surface area contributed by atoms with E-state index in [0.29, 0.717) is 5.92 Å². The van der Waals surface area contributed by atoms with Crippen LogP contribution in [-0.4, -0.2) is 0 Å². The van der Waals surface area contributed by atoms with Gasteiger partial charge >= 0.3 is 0 Å². The van der Waals surface area contributed by atoms with Gasteiger partial charge in [0.2, 0.25) is 0 Å². The Hall–Kier alpha value is -0.780. The van der Waals surface area contributed by atoms with Crippen molar-refractivity contribution in [2.24, 2.45) is 0 Å². The van der Waals surface area contributed by atoms with Crippen LogP contribution in [0, 0.1) is 13.8 Å². The van der Waals surface area contributed by atoms with Gasteiger partial charge in [-0.3, -0.25) is 0 Å². The lowest BCUT2D eigenvalue weighted by molar-refractivity contribution is 0.846. The highest BCUT2D eigenvalue weighted by atomic mass is 14.1. The molecule has 1 rings (SSSR count). The van der Waals surface area contributed by atoms with Gasteiger partial charge in [0.25, 0.3) is 0 Å². The third kappa shape index (κ3) is 6.66. The van der Waals surface area contributed by atoms with Gasteiger partial charge in [-0.15, -0.1) is 0 Å². The van der Waals surface area contributed by atoms with E-state index in [0.717, 1.165) is 0 Å². The van der Waals surface area contributed by atoms with Gasteiger partial charge in [-0.2, -0.15) is 0 Å². The highest BCUT2D eigenvalue weighted by Gasteiger charge is 2.04. The third-order valence-corrected chi connectivity index (χ3v) is 2.12. The van der Waals surface area contributed by atoms with E-state index in [9.17, 15) is 0 Å². The van der Waals surface area contributed by atoms with Gasteiger partial charge in [-0.25, -0.2) is 0 Å². The Morgan fingerprint density at radius 3 is 1.44 bits per heavy atom. The molecular formula is C16H32. The number of hydrogen-bond acceptors (Lipinski definition) is 0. The monoisotopic (exact) mass is 225 g/mol. The summed E-state index contributed by atoms with van der Waals surface area (Å²) in [4.78, 5) is 0. The zero-order valence-electron chi connectivity index (χ0n) is 13.8. The predicted octanol–water partition coefficient (Wildman–Crippen LogP) is 6.12. The summed E-state index contributed by atoms with van der Waals surface area (Å²) in [6, 6.07) is 6.49. The summed E-state index contributed by atoms with van der Waals surface area (Å²) in [5.41, 5.74) is 4.34. The quantitative estimate of drug-likeness (QED) is 0.540. The lowest BCUT2D eigenvalue weighted by Gasteiger charge is -2.12. The minimum absolute atomic E-state index is 0.649. The van der Waals surface area contributed by atoms with E-state index in [4.69, 9.17) is 1.37 Å². The molecule has 0 bridgehead atoms. The van der Waals surface area contributed by atoms with Crippen LogP contribution < -0.4 is 0 Å². The molecule has 0 N–H and O–H groups in total. The smallest absolute Gasteiger partial charge is 0.0194 e. The van der Waals surface area contributed by atoms with Crippen molar-refractivity contribution in [1.29, 1.82) is 0 Å². The molecule has 0 nitrogen and oxygen atoms in total. The summed E-state index contributed by atoms with van der Waals surface area (Å²) in [6.07, 6.45) is 0. The molecule has 0 amide bonds. The Morgan fingerprint density at radius 2 is 1.25 bits per heavy atom. The first-order chi connectivity index (χ1) is 8.13. The van der Waals surface area contributed by atoms with Crippen LogP contribution in [0.5, 0.6) is 0 Å². The fraction of sp³-hybridized carbons (Fsp3) is 0.625. The summed E-state index contributed by atoms with van der Waals surface area (Å²) in [7, 11) is 1.25. The first-order valence-electron chi connectivity index (χ1n) is 7.19. The Balaban J connectivity index is -0.000000285. The second-order valence-electron chi connectivity index (χ2n) is 3.46. The highest BCUT2D eigenvalue weighted by molar-refractivity contribution is 5.35. The molecule has 0 fully saturated rings. The van der Waals surface area contributed by atoms with Gasteiger partial charge in [-0.1, -0.05) is 67.1 Å². The van der Waals surface area contributed by atoms with Crippen LogP contribution in [0.1, 0.15) is 72.9 Å². The van der Waals surface area contributed by atoms with E-state index in [-0.39, 0.29) is 0 Å². The first-order valence-corrected chi connectivity index (χ1v) is 6.19. The van der Waals surface area contributed by atoms with Crippen molar-refractivity contribution in [3.8, 4) is 0 Å². The van der Waals surface area contributed by atoms with Crippen molar-refractivity contribution >= 4 is 0 Å². The number of rotatable bonds is 1. The lowest BCUT2D eigenvalue weighted by Crippen LogP contribution is -1.94. The van der Waals surface area contributed by atoms with Crippen molar-refractivity contribution in [1.82, 2.24) is 0 Å². The van der Waals surface area contributed by atoms with Crippen molar-refractivity contribution in [2.45, 2.75) is 68.7 Å². The van der Waals surface area contributed by atoms with Gasteiger partial charge in [-0.05, 0) is 36.5 Å². The summed E-state index contributed by atoms with van der Waals surface area (Å²) >= 11 is 0. The third-order valence-electron chi connectivity index (χ3n) is 2.12. The standard InChI is InChI=1S/C11H16.2C2H6.CH4/c1-8(2)11-9(3)6-5-7-10(11)4;2*1-2;/h5-8H,1-4H3;2*1-2H3;1H4/i;;;1D. The van der Waals surface area contributed by atoms with Crippen molar-refractivity contribution < 1.29 is 1.37 Å². The van der Waals surface area contributed by atoms with E-state index >= 15 is 0 Å². The molecule has 0 aliphatic rings. The van der Waals surface area contributed by atoms with Gasteiger partial charge in [0.05, 0.1) is 0 Å².